The lowest BCUT2D eigenvalue weighted by molar-refractivity contribution is 0.114. The standard InChI is InChI=1S/C13H21N3O/c1-11-9-15(10-12(2)17)7-8-16(11)13-5-3-4-6-14-13/h3-6,11-12,17H,7-10H2,1-2H3/t11-,12+/m0/s1. The van der Waals surface area contributed by atoms with Crippen LogP contribution in [-0.2, 0) is 0 Å². The van der Waals surface area contributed by atoms with Crippen LogP contribution in [0.5, 0.6) is 0 Å². The van der Waals surface area contributed by atoms with Crippen LogP contribution in [0.2, 0.25) is 0 Å². The van der Waals surface area contributed by atoms with Gasteiger partial charge >= 0.3 is 0 Å². The third-order valence-corrected chi connectivity index (χ3v) is 3.18. The Bertz CT molecular complexity index is 342. The molecule has 94 valence electrons. The minimum Gasteiger partial charge on any atom is -0.392 e. The highest BCUT2D eigenvalue weighted by atomic mass is 16.3. The van der Waals surface area contributed by atoms with Gasteiger partial charge < -0.3 is 10.0 Å². The lowest BCUT2D eigenvalue weighted by Gasteiger charge is -2.40. The first-order chi connectivity index (χ1) is 8.16. The summed E-state index contributed by atoms with van der Waals surface area (Å²) in [6.45, 7) is 7.78. The third kappa shape index (κ3) is 3.17. The topological polar surface area (TPSA) is 39.6 Å². The van der Waals surface area contributed by atoms with Crippen LogP contribution in [0.4, 0.5) is 5.82 Å². The van der Waals surface area contributed by atoms with Gasteiger partial charge in [0.25, 0.3) is 0 Å². The molecule has 4 nitrogen and oxygen atoms in total. The molecule has 0 spiro atoms. The van der Waals surface area contributed by atoms with Crippen LogP contribution in [0.3, 0.4) is 0 Å². The molecule has 0 radical (unpaired) electrons. The zero-order chi connectivity index (χ0) is 12.3. The molecule has 1 N–H and O–H groups in total. The van der Waals surface area contributed by atoms with Crippen molar-refractivity contribution in [2.75, 3.05) is 31.1 Å². The van der Waals surface area contributed by atoms with E-state index in [1.807, 2.05) is 25.3 Å². The van der Waals surface area contributed by atoms with Crippen molar-refractivity contribution in [3.8, 4) is 0 Å². The van der Waals surface area contributed by atoms with Gasteiger partial charge in [-0.3, -0.25) is 4.90 Å². The summed E-state index contributed by atoms with van der Waals surface area (Å²) in [7, 11) is 0. The summed E-state index contributed by atoms with van der Waals surface area (Å²) >= 11 is 0. The highest BCUT2D eigenvalue weighted by Gasteiger charge is 2.24. The van der Waals surface area contributed by atoms with E-state index in [1.165, 1.54) is 0 Å². The highest BCUT2D eigenvalue weighted by molar-refractivity contribution is 5.39. The van der Waals surface area contributed by atoms with Gasteiger partial charge in [0.2, 0.25) is 0 Å². The molecular formula is C13H21N3O. The second kappa shape index (κ2) is 5.47. The van der Waals surface area contributed by atoms with Gasteiger partial charge in [0.15, 0.2) is 0 Å². The van der Waals surface area contributed by atoms with Crippen LogP contribution in [0.1, 0.15) is 13.8 Å². The van der Waals surface area contributed by atoms with Gasteiger partial charge in [-0.05, 0) is 26.0 Å². The maximum atomic E-state index is 9.41. The molecule has 1 aliphatic rings. The number of aliphatic hydroxyl groups excluding tert-OH is 1. The number of anilines is 1. The zero-order valence-corrected chi connectivity index (χ0v) is 10.6. The fraction of sp³-hybridized carbons (Fsp3) is 0.615. The van der Waals surface area contributed by atoms with Crippen LogP contribution in [0.25, 0.3) is 0 Å². The zero-order valence-electron chi connectivity index (χ0n) is 10.6. The summed E-state index contributed by atoms with van der Waals surface area (Å²) in [4.78, 5) is 9.04. The number of hydrogen-bond donors (Lipinski definition) is 1. The first-order valence-electron chi connectivity index (χ1n) is 6.25. The molecule has 17 heavy (non-hydrogen) atoms. The number of nitrogens with zero attached hydrogens (tertiary/aromatic N) is 3. The molecule has 0 aromatic carbocycles. The van der Waals surface area contributed by atoms with Gasteiger partial charge in [-0.15, -0.1) is 0 Å². The molecule has 0 bridgehead atoms. The second-order valence-corrected chi connectivity index (χ2v) is 4.84. The number of pyridine rings is 1. The molecule has 1 fully saturated rings. The van der Waals surface area contributed by atoms with Crippen LogP contribution < -0.4 is 4.90 Å². The minimum atomic E-state index is -0.247. The van der Waals surface area contributed by atoms with Gasteiger partial charge in [0.05, 0.1) is 6.10 Å². The predicted octanol–water partition coefficient (Wildman–Crippen LogP) is 0.973. The van der Waals surface area contributed by atoms with Crippen LogP contribution in [0, 0.1) is 0 Å². The van der Waals surface area contributed by atoms with Crippen molar-refractivity contribution >= 4 is 5.82 Å². The lowest BCUT2D eigenvalue weighted by Crippen LogP contribution is -2.53. The summed E-state index contributed by atoms with van der Waals surface area (Å²) in [6.07, 6.45) is 1.59. The van der Waals surface area contributed by atoms with E-state index in [1.54, 1.807) is 0 Å². The molecule has 0 amide bonds. The number of rotatable bonds is 3. The molecule has 2 heterocycles. The van der Waals surface area contributed by atoms with E-state index < -0.39 is 0 Å². The Labute approximate surface area is 103 Å². The van der Waals surface area contributed by atoms with Crippen molar-refractivity contribution in [3.63, 3.8) is 0 Å². The summed E-state index contributed by atoms with van der Waals surface area (Å²) in [5.74, 6) is 1.05. The molecule has 1 saturated heterocycles. The Morgan fingerprint density at radius 2 is 2.29 bits per heavy atom. The quantitative estimate of drug-likeness (QED) is 0.847. The molecule has 1 aromatic rings. The molecule has 0 saturated carbocycles. The Hall–Kier alpha value is -1.13. The Balaban J connectivity index is 1.97. The van der Waals surface area contributed by atoms with E-state index in [0.717, 1.165) is 32.0 Å². The fourth-order valence-electron chi connectivity index (χ4n) is 2.44. The average Bonchev–Trinajstić information content (AvgIpc) is 2.29. The molecule has 2 rings (SSSR count). The van der Waals surface area contributed by atoms with Crippen molar-refractivity contribution in [2.45, 2.75) is 26.0 Å². The minimum absolute atomic E-state index is 0.247. The Kier molecular flexibility index (Phi) is 3.97. The molecule has 1 aromatic heterocycles. The van der Waals surface area contributed by atoms with E-state index >= 15 is 0 Å². The normalized spacial score (nSPS) is 23.7. The Morgan fingerprint density at radius 3 is 2.88 bits per heavy atom. The van der Waals surface area contributed by atoms with E-state index in [9.17, 15) is 5.11 Å². The summed E-state index contributed by atoms with van der Waals surface area (Å²) in [6, 6.07) is 6.47. The first-order valence-corrected chi connectivity index (χ1v) is 6.25. The molecule has 2 atom stereocenters. The van der Waals surface area contributed by atoms with Crippen LogP contribution in [-0.4, -0.2) is 53.3 Å². The van der Waals surface area contributed by atoms with Crippen molar-refractivity contribution in [3.05, 3.63) is 24.4 Å². The van der Waals surface area contributed by atoms with Crippen LogP contribution in [0.15, 0.2) is 24.4 Å². The second-order valence-electron chi connectivity index (χ2n) is 4.84. The van der Waals surface area contributed by atoms with Crippen molar-refractivity contribution in [1.29, 1.82) is 0 Å². The van der Waals surface area contributed by atoms with E-state index in [-0.39, 0.29) is 6.10 Å². The largest absolute Gasteiger partial charge is 0.392 e. The van der Waals surface area contributed by atoms with Crippen molar-refractivity contribution < 1.29 is 5.11 Å². The van der Waals surface area contributed by atoms with Gasteiger partial charge in [-0.1, -0.05) is 6.07 Å². The first kappa shape index (κ1) is 12.3. The van der Waals surface area contributed by atoms with Crippen molar-refractivity contribution in [1.82, 2.24) is 9.88 Å². The number of β-amino-alcohol motifs (C(OH)–C–C–N with tert-alkyl or cyclic N) is 1. The molecule has 1 aliphatic heterocycles. The van der Waals surface area contributed by atoms with Gasteiger partial charge in [-0.2, -0.15) is 0 Å². The molecule has 0 aliphatic carbocycles. The summed E-state index contributed by atoms with van der Waals surface area (Å²) < 4.78 is 0. The summed E-state index contributed by atoms with van der Waals surface area (Å²) in [5, 5.41) is 9.41. The number of aliphatic hydroxyl groups is 1. The number of hydrogen-bond acceptors (Lipinski definition) is 4. The van der Waals surface area contributed by atoms with Crippen LogP contribution >= 0.6 is 0 Å². The monoisotopic (exact) mass is 235 g/mol. The SMILES string of the molecule is C[C@@H](O)CN1CCN(c2ccccn2)[C@@H](C)C1. The molecular weight excluding hydrogens is 214 g/mol. The third-order valence-electron chi connectivity index (χ3n) is 3.18. The summed E-state index contributed by atoms with van der Waals surface area (Å²) in [5.41, 5.74) is 0. The predicted molar refractivity (Wildman–Crippen MR) is 69.2 cm³/mol. The number of piperazine rings is 1. The molecule has 4 heteroatoms. The van der Waals surface area contributed by atoms with E-state index in [0.29, 0.717) is 6.04 Å². The maximum absolute atomic E-state index is 9.41. The Morgan fingerprint density at radius 1 is 1.47 bits per heavy atom. The maximum Gasteiger partial charge on any atom is 0.128 e. The fourth-order valence-corrected chi connectivity index (χ4v) is 2.44. The van der Waals surface area contributed by atoms with Gasteiger partial charge in [0.1, 0.15) is 5.82 Å². The van der Waals surface area contributed by atoms with Gasteiger partial charge in [0, 0.05) is 38.4 Å². The van der Waals surface area contributed by atoms with E-state index in [4.69, 9.17) is 0 Å². The van der Waals surface area contributed by atoms with E-state index in [2.05, 4.69) is 27.8 Å². The molecule has 0 unspecified atom stereocenters. The average molecular weight is 235 g/mol. The van der Waals surface area contributed by atoms with Crippen molar-refractivity contribution in [2.24, 2.45) is 0 Å². The number of aromatic nitrogens is 1. The lowest BCUT2D eigenvalue weighted by atomic mass is 10.1. The van der Waals surface area contributed by atoms with Gasteiger partial charge in [-0.25, -0.2) is 4.98 Å². The highest BCUT2D eigenvalue weighted by Crippen LogP contribution is 2.17. The smallest absolute Gasteiger partial charge is 0.128 e.